The molecule has 0 saturated heterocycles. The van der Waals surface area contributed by atoms with Gasteiger partial charge < -0.3 is 15.0 Å². The number of ether oxygens (including phenoxy) is 1. The largest absolute Gasteiger partial charge is 0.433 e. The van der Waals surface area contributed by atoms with Gasteiger partial charge in [-0.2, -0.15) is 0 Å². The van der Waals surface area contributed by atoms with Crippen LogP contribution in [0.1, 0.15) is 60.4 Å². The monoisotopic (exact) mass is 450 g/mol. The van der Waals surface area contributed by atoms with Crippen molar-refractivity contribution >= 4 is 23.1 Å². The van der Waals surface area contributed by atoms with Crippen molar-refractivity contribution in [3.8, 4) is 0 Å². The first-order chi connectivity index (χ1) is 16.4. The van der Waals surface area contributed by atoms with Crippen molar-refractivity contribution in [2.75, 3.05) is 10.2 Å². The Balaban J connectivity index is 1.64. The summed E-state index contributed by atoms with van der Waals surface area (Å²) in [6.07, 6.45) is 0.592. The van der Waals surface area contributed by atoms with E-state index in [2.05, 4.69) is 24.1 Å². The van der Waals surface area contributed by atoms with Gasteiger partial charge in [-0.15, -0.1) is 0 Å². The average Bonchev–Trinajstić information content (AvgIpc) is 3.07. The standard InChI is InChI=1S/C29H26N2O3/c1-29(2)16-22-25(24(32)17-29)26(18-10-4-3-5-11-18)31(23-15-9-8-14-21(23)30-22)27-19-12-6-7-13-20(19)28(33)34-27/h3-15,26-27,30H,16-17H2,1-2H3/t26-,27-/m0/s1. The molecule has 0 bridgehead atoms. The molecule has 2 aliphatic heterocycles. The topological polar surface area (TPSA) is 58.6 Å². The van der Waals surface area contributed by atoms with Gasteiger partial charge in [-0.3, -0.25) is 4.79 Å². The molecule has 2 heterocycles. The van der Waals surface area contributed by atoms with Crippen molar-refractivity contribution in [3.05, 3.63) is 107 Å². The number of benzene rings is 3. The summed E-state index contributed by atoms with van der Waals surface area (Å²) in [5.74, 6) is -0.213. The van der Waals surface area contributed by atoms with Crippen molar-refractivity contribution in [2.24, 2.45) is 5.41 Å². The maximum absolute atomic E-state index is 13.8. The predicted octanol–water partition coefficient (Wildman–Crippen LogP) is 6.17. The molecule has 0 spiro atoms. The van der Waals surface area contributed by atoms with Gasteiger partial charge in [0.15, 0.2) is 5.78 Å². The second-order valence-corrected chi connectivity index (χ2v) is 10.0. The predicted molar refractivity (Wildman–Crippen MR) is 131 cm³/mol. The molecule has 0 aromatic heterocycles. The zero-order chi connectivity index (χ0) is 23.4. The molecule has 1 aliphatic carbocycles. The number of para-hydroxylation sites is 2. The van der Waals surface area contributed by atoms with Crippen LogP contribution >= 0.6 is 0 Å². The Hall–Kier alpha value is -3.86. The third kappa shape index (κ3) is 3.23. The Morgan fingerprint density at radius 2 is 1.59 bits per heavy atom. The minimum atomic E-state index is -0.647. The van der Waals surface area contributed by atoms with Crippen LogP contribution in [0, 0.1) is 5.41 Å². The molecule has 6 rings (SSSR count). The zero-order valence-corrected chi connectivity index (χ0v) is 19.2. The van der Waals surface area contributed by atoms with Gasteiger partial charge in [-0.05, 0) is 35.6 Å². The summed E-state index contributed by atoms with van der Waals surface area (Å²) in [6.45, 7) is 4.27. The molecule has 0 unspecified atom stereocenters. The summed E-state index contributed by atoms with van der Waals surface area (Å²) >= 11 is 0. The Kier molecular flexibility index (Phi) is 4.63. The minimum absolute atomic E-state index is 0.128. The van der Waals surface area contributed by atoms with Crippen LogP contribution in [0.5, 0.6) is 0 Å². The van der Waals surface area contributed by atoms with E-state index >= 15 is 0 Å². The van der Waals surface area contributed by atoms with Gasteiger partial charge in [0.05, 0.1) is 23.0 Å². The molecule has 5 heteroatoms. The van der Waals surface area contributed by atoms with E-state index in [1.54, 1.807) is 6.07 Å². The number of allylic oxidation sites excluding steroid dienone is 1. The number of carbonyl (C=O) groups is 2. The van der Waals surface area contributed by atoms with Crippen molar-refractivity contribution in [1.82, 2.24) is 0 Å². The lowest BCUT2D eigenvalue weighted by Gasteiger charge is -2.40. The number of hydrogen-bond acceptors (Lipinski definition) is 5. The summed E-state index contributed by atoms with van der Waals surface area (Å²) in [6, 6.07) is 25.2. The van der Waals surface area contributed by atoms with Crippen LogP contribution in [-0.2, 0) is 9.53 Å². The molecular weight excluding hydrogens is 424 g/mol. The van der Waals surface area contributed by atoms with Crippen molar-refractivity contribution in [2.45, 2.75) is 39.0 Å². The number of nitrogens with one attached hydrogen (secondary N) is 1. The number of carbonyl (C=O) groups excluding carboxylic acids is 2. The number of Topliss-reactive ketones (excluding diaryl/α,β-unsaturated/α-hetero) is 1. The Labute approximate surface area is 199 Å². The van der Waals surface area contributed by atoms with E-state index in [0.717, 1.165) is 40.2 Å². The molecule has 0 fully saturated rings. The smallest absolute Gasteiger partial charge is 0.340 e. The van der Waals surface area contributed by atoms with Gasteiger partial charge in [0, 0.05) is 23.3 Å². The number of anilines is 2. The molecule has 3 aliphatic rings. The molecule has 0 amide bonds. The lowest BCUT2D eigenvalue weighted by atomic mass is 9.73. The highest BCUT2D eigenvalue weighted by Crippen LogP contribution is 2.52. The number of cyclic esters (lactones) is 1. The van der Waals surface area contributed by atoms with Crippen LogP contribution in [0.4, 0.5) is 11.4 Å². The van der Waals surface area contributed by atoms with E-state index in [0.29, 0.717) is 12.0 Å². The Morgan fingerprint density at radius 1 is 0.882 bits per heavy atom. The number of esters is 1. The van der Waals surface area contributed by atoms with E-state index in [-0.39, 0.29) is 17.2 Å². The number of nitrogens with zero attached hydrogens (tertiary/aromatic N) is 1. The quantitative estimate of drug-likeness (QED) is 0.473. The summed E-state index contributed by atoms with van der Waals surface area (Å²) < 4.78 is 6.02. The molecule has 1 N–H and O–H groups in total. The average molecular weight is 451 g/mol. The molecule has 170 valence electrons. The second-order valence-electron chi connectivity index (χ2n) is 10.0. The van der Waals surface area contributed by atoms with Gasteiger partial charge in [-0.1, -0.05) is 74.5 Å². The molecule has 3 aromatic carbocycles. The van der Waals surface area contributed by atoms with Crippen LogP contribution < -0.4 is 10.2 Å². The maximum atomic E-state index is 13.8. The summed E-state index contributed by atoms with van der Waals surface area (Å²) in [5.41, 5.74) is 5.73. The van der Waals surface area contributed by atoms with Gasteiger partial charge in [0.25, 0.3) is 0 Å². The molecule has 5 nitrogen and oxygen atoms in total. The van der Waals surface area contributed by atoms with E-state index in [4.69, 9.17) is 4.74 Å². The van der Waals surface area contributed by atoms with Crippen LogP contribution in [0.2, 0.25) is 0 Å². The van der Waals surface area contributed by atoms with Gasteiger partial charge in [0.2, 0.25) is 6.23 Å². The van der Waals surface area contributed by atoms with Crippen molar-refractivity contribution < 1.29 is 14.3 Å². The first-order valence-electron chi connectivity index (χ1n) is 11.7. The van der Waals surface area contributed by atoms with Gasteiger partial charge in [-0.25, -0.2) is 4.79 Å². The van der Waals surface area contributed by atoms with Gasteiger partial charge >= 0.3 is 5.97 Å². The fourth-order valence-electron chi connectivity index (χ4n) is 5.57. The fourth-order valence-corrected chi connectivity index (χ4v) is 5.57. The third-order valence-corrected chi connectivity index (χ3v) is 6.97. The molecular formula is C29H26N2O3. The van der Waals surface area contributed by atoms with E-state index < -0.39 is 12.3 Å². The molecule has 2 atom stereocenters. The van der Waals surface area contributed by atoms with Crippen LogP contribution in [0.15, 0.2) is 90.1 Å². The zero-order valence-electron chi connectivity index (χ0n) is 19.2. The van der Waals surface area contributed by atoms with Crippen molar-refractivity contribution in [3.63, 3.8) is 0 Å². The molecule has 34 heavy (non-hydrogen) atoms. The lowest BCUT2D eigenvalue weighted by molar-refractivity contribution is -0.118. The normalized spacial score (nSPS) is 22.8. The van der Waals surface area contributed by atoms with Crippen LogP contribution in [0.25, 0.3) is 0 Å². The molecule has 0 saturated carbocycles. The highest BCUT2D eigenvalue weighted by Gasteiger charge is 2.46. The van der Waals surface area contributed by atoms with E-state index in [1.165, 1.54) is 0 Å². The molecule has 0 radical (unpaired) electrons. The van der Waals surface area contributed by atoms with Gasteiger partial charge in [0.1, 0.15) is 0 Å². The Morgan fingerprint density at radius 3 is 2.41 bits per heavy atom. The summed E-state index contributed by atoms with van der Waals surface area (Å²) in [4.78, 5) is 28.7. The Bertz CT molecular complexity index is 1340. The summed E-state index contributed by atoms with van der Waals surface area (Å²) in [7, 11) is 0. The SMILES string of the molecule is CC1(C)CC(=O)C2=C(C1)Nc1ccccc1N([C@H]1OC(=O)c3ccccc31)[C@H]2c1ccccc1. The maximum Gasteiger partial charge on any atom is 0.340 e. The van der Waals surface area contributed by atoms with Crippen molar-refractivity contribution in [1.29, 1.82) is 0 Å². The number of rotatable bonds is 2. The number of hydrogen-bond donors (Lipinski definition) is 1. The first kappa shape index (κ1) is 20.7. The molecule has 3 aromatic rings. The number of ketones is 1. The van der Waals surface area contributed by atoms with E-state index in [9.17, 15) is 9.59 Å². The first-order valence-corrected chi connectivity index (χ1v) is 11.7. The summed E-state index contributed by atoms with van der Waals surface area (Å²) in [5, 5.41) is 3.61. The minimum Gasteiger partial charge on any atom is -0.433 e. The van der Waals surface area contributed by atoms with Crippen LogP contribution in [-0.4, -0.2) is 11.8 Å². The lowest BCUT2D eigenvalue weighted by Crippen LogP contribution is -2.38. The highest BCUT2D eigenvalue weighted by atomic mass is 16.6. The van der Waals surface area contributed by atoms with E-state index in [1.807, 2.05) is 72.8 Å². The second kappa shape index (κ2) is 7.59. The third-order valence-electron chi connectivity index (χ3n) is 6.97. The highest BCUT2D eigenvalue weighted by molar-refractivity contribution is 6.02. The number of fused-ring (bicyclic) bond motifs is 2. The fraction of sp³-hybridized carbons (Fsp3) is 0.241. The van der Waals surface area contributed by atoms with Crippen LogP contribution in [0.3, 0.4) is 0 Å².